The summed E-state index contributed by atoms with van der Waals surface area (Å²) in [6.45, 7) is 2.17. The lowest BCUT2D eigenvalue weighted by Crippen LogP contribution is -2.50. The van der Waals surface area contributed by atoms with Crippen LogP contribution in [0, 0.1) is 5.82 Å². The molecule has 1 aromatic rings. The predicted molar refractivity (Wildman–Crippen MR) is 102 cm³/mol. The van der Waals surface area contributed by atoms with Gasteiger partial charge in [0.05, 0.1) is 5.69 Å². The summed E-state index contributed by atoms with van der Waals surface area (Å²) in [5.41, 5.74) is 5.48. The van der Waals surface area contributed by atoms with Gasteiger partial charge in [0.1, 0.15) is 5.82 Å². The minimum Gasteiger partial charge on any atom is -0.456 e. The van der Waals surface area contributed by atoms with Crippen molar-refractivity contribution in [3.63, 3.8) is 0 Å². The molecular formula is C19H27FN4O4. The van der Waals surface area contributed by atoms with E-state index >= 15 is 0 Å². The number of urea groups is 1. The molecule has 0 aromatic heterocycles. The van der Waals surface area contributed by atoms with Crippen LogP contribution in [0.15, 0.2) is 24.3 Å². The highest BCUT2D eigenvalue weighted by Gasteiger charge is 2.23. The van der Waals surface area contributed by atoms with Crippen molar-refractivity contribution in [3.05, 3.63) is 30.1 Å². The molecular weight excluding hydrogens is 367 g/mol. The highest BCUT2D eigenvalue weighted by molar-refractivity contribution is 5.81. The summed E-state index contributed by atoms with van der Waals surface area (Å²) in [7, 11) is 0. The van der Waals surface area contributed by atoms with Crippen molar-refractivity contribution in [1.29, 1.82) is 0 Å². The number of rotatable bonds is 9. The number of nitrogens with zero attached hydrogens (tertiary/aromatic N) is 2. The van der Waals surface area contributed by atoms with E-state index < -0.39 is 12.0 Å². The minimum atomic E-state index is -0.562. The number of carbonyl (C=O) groups is 3. The predicted octanol–water partition coefficient (Wildman–Crippen LogP) is 1.25. The molecule has 0 spiro atoms. The molecule has 0 atom stereocenters. The van der Waals surface area contributed by atoms with Crippen LogP contribution < -0.4 is 16.0 Å². The number of nitrogens with one attached hydrogen (secondary N) is 1. The Bertz CT molecular complexity index is 678. The van der Waals surface area contributed by atoms with Gasteiger partial charge in [-0.3, -0.25) is 9.59 Å². The fraction of sp³-hybridized carbons (Fsp3) is 0.526. The highest BCUT2D eigenvalue weighted by Crippen LogP contribution is 2.20. The van der Waals surface area contributed by atoms with Crippen LogP contribution in [-0.4, -0.2) is 62.1 Å². The molecule has 1 aliphatic rings. The maximum atomic E-state index is 13.8. The van der Waals surface area contributed by atoms with Crippen LogP contribution in [-0.2, 0) is 14.3 Å². The molecule has 3 N–H and O–H groups in total. The number of hydrogen-bond acceptors (Lipinski definition) is 5. The van der Waals surface area contributed by atoms with Gasteiger partial charge < -0.3 is 25.6 Å². The lowest BCUT2D eigenvalue weighted by Gasteiger charge is -2.36. The Hall–Kier alpha value is -2.84. The number of piperazine rings is 1. The Morgan fingerprint density at radius 2 is 1.79 bits per heavy atom. The van der Waals surface area contributed by atoms with E-state index in [1.165, 1.54) is 6.07 Å². The Labute approximate surface area is 163 Å². The average Bonchev–Trinajstić information content (AvgIpc) is 2.69. The second-order valence-corrected chi connectivity index (χ2v) is 6.58. The van der Waals surface area contributed by atoms with E-state index in [0.717, 1.165) is 12.8 Å². The van der Waals surface area contributed by atoms with Crippen molar-refractivity contribution < 1.29 is 23.5 Å². The first-order valence-corrected chi connectivity index (χ1v) is 9.43. The monoisotopic (exact) mass is 394 g/mol. The number of esters is 1. The third-order valence-electron chi connectivity index (χ3n) is 4.54. The maximum absolute atomic E-state index is 13.8. The van der Waals surface area contributed by atoms with Gasteiger partial charge in [-0.05, 0) is 25.0 Å². The summed E-state index contributed by atoms with van der Waals surface area (Å²) in [4.78, 5) is 37.9. The number of benzene rings is 1. The molecule has 28 heavy (non-hydrogen) atoms. The molecule has 1 aromatic carbocycles. The smallest absolute Gasteiger partial charge is 0.312 e. The second kappa shape index (κ2) is 11.1. The Kier molecular flexibility index (Phi) is 8.51. The fourth-order valence-electron chi connectivity index (χ4n) is 2.99. The molecule has 1 saturated heterocycles. The molecule has 0 bridgehead atoms. The first-order chi connectivity index (χ1) is 13.5. The van der Waals surface area contributed by atoms with Crippen molar-refractivity contribution >= 4 is 23.6 Å². The third-order valence-corrected chi connectivity index (χ3v) is 4.54. The van der Waals surface area contributed by atoms with Crippen LogP contribution in [0.4, 0.5) is 14.9 Å². The van der Waals surface area contributed by atoms with E-state index in [2.05, 4.69) is 5.32 Å². The lowest BCUT2D eigenvalue weighted by atomic mass is 10.2. The number of amides is 3. The van der Waals surface area contributed by atoms with Crippen molar-refractivity contribution in [1.82, 2.24) is 10.2 Å². The first kappa shape index (κ1) is 21.5. The molecule has 8 nitrogen and oxygen atoms in total. The zero-order chi connectivity index (χ0) is 20.4. The van der Waals surface area contributed by atoms with Crippen molar-refractivity contribution in [3.8, 4) is 0 Å². The molecule has 2 rings (SSSR count). The molecule has 1 heterocycles. The van der Waals surface area contributed by atoms with Gasteiger partial charge in [0.15, 0.2) is 6.61 Å². The molecule has 9 heteroatoms. The molecule has 0 radical (unpaired) electrons. The van der Waals surface area contributed by atoms with E-state index in [0.29, 0.717) is 44.8 Å². The van der Waals surface area contributed by atoms with Crippen LogP contribution in [0.25, 0.3) is 0 Å². The molecule has 0 saturated carbocycles. The normalized spacial score (nSPS) is 13.9. The number of primary amides is 1. The van der Waals surface area contributed by atoms with Gasteiger partial charge >= 0.3 is 12.0 Å². The van der Waals surface area contributed by atoms with Crippen LogP contribution in [0.2, 0.25) is 0 Å². The van der Waals surface area contributed by atoms with E-state index in [1.54, 1.807) is 23.1 Å². The SMILES string of the molecule is NC(=O)NCCCCCC(=O)OCC(=O)N1CCN(c2ccccc2F)CC1. The average molecular weight is 394 g/mol. The van der Waals surface area contributed by atoms with Crippen LogP contribution in [0.1, 0.15) is 25.7 Å². The molecule has 1 aliphatic heterocycles. The summed E-state index contributed by atoms with van der Waals surface area (Å²) >= 11 is 0. The van der Waals surface area contributed by atoms with Crippen LogP contribution in [0.3, 0.4) is 0 Å². The Morgan fingerprint density at radius 3 is 2.46 bits per heavy atom. The topological polar surface area (TPSA) is 105 Å². The zero-order valence-corrected chi connectivity index (χ0v) is 15.9. The van der Waals surface area contributed by atoms with E-state index in [4.69, 9.17) is 10.5 Å². The van der Waals surface area contributed by atoms with Gasteiger partial charge in [0.25, 0.3) is 5.91 Å². The number of carbonyl (C=O) groups excluding carboxylic acids is 3. The fourth-order valence-corrected chi connectivity index (χ4v) is 2.99. The highest BCUT2D eigenvalue weighted by atomic mass is 19.1. The van der Waals surface area contributed by atoms with E-state index in [9.17, 15) is 18.8 Å². The Morgan fingerprint density at radius 1 is 1.07 bits per heavy atom. The van der Waals surface area contributed by atoms with Crippen LogP contribution >= 0.6 is 0 Å². The molecule has 1 fully saturated rings. The number of halogens is 1. The summed E-state index contributed by atoms with van der Waals surface area (Å²) in [5, 5.41) is 2.47. The summed E-state index contributed by atoms with van der Waals surface area (Å²) < 4.78 is 18.9. The number of anilines is 1. The van der Waals surface area contributed by atoms with Crippen molar-refractivity contribution in [2.24, 2.45) is 5.73 Å². The van der Waals surface area contributed by atoms with Gasteiger partial charge in [-0.1, -0.05) is 18.6 Å². The molecule has 0 aliphatic carbocycles. The third kappa shape index (κ3) is 7.05. The van der Waals surface area contributed by atoms with Gasteiger partial charge in [0.2, 0.25) is 0 Å². The van der Waals surface area contributed by atoms with Crippen LogP contribution in [0.5, 0.6) is 0 Å². The van der Waals surface area contributed by atoms with Gasteiger partial charge in [-0.15, -0.1) is 0 Å². The molecule has 0 unspecified atom stereocenters. The first-order valence-electron chi connectivity index (χ1n) is 9.43. The summed E-state index contributed by atoms with van der Waals surface area (Å²) in [5.74, 6) is -0.935. The minimum absolute atomic E-state index is 0.227. The van der Waals surface area contributed by atoms with Crippen molar-refractivity contribution in [2.75, 3.05) is 44.2 Å². The molecule has 154 valence electrons. The van der Waals surface area contributed by atoms with Crippen molar-refractivity contribution in [2.45, 2.75) is 25.7 Å². The zero-order valence-electron chi connectivity index (χ0n) is 15.9. The summed E-state index contributed by atoms with van der Waals surface area (Å²) in [6.07, 6.45) is 2.32. The van der Waals surface area contributed by atoms with Gasteiger partial charge in [0, 0.05) is 39.1 Å². The van der Waals surface area contributed by atoms with Gasteiger partial charge in [-0.2, -0.15) is 0 Å². The second-order valence-electron chi connectivity index (χ2n) is 6.58. The number of unbranched alkanes of at least 4 members (excludes halogenated alkanes) is 2. The van der Waals surface area contributed by atoms with Gasteiger partial charge in [-0.25, -0.2) is 9.18 Å². The number of hydrogen-bond donors (Lipinski definition) is 2. The number of nitrogens with two attached hydrogens (primary N) is 1. The Balaban J connectivity index is 1.60. The standard InChI is InChI=1S/C19H27FN4O4/c20-15-6-3-4-7-16(15)23-10-12-24(13-11-23)17(25)14-28-18(26)8-2-1-5-9-22-19(21)27/h3-4,6-7H,1-2,5,8-14H2,(H3,21,22,27). The van der Waals surface area contributed by atoms with E-state index in [1.807, 2.05) is 4.90 Å². The largest absolute Gasteiger partial charge is 0.456 e. The van der Waals surface area contributed by atoms with E-state index in [-0.39, 0.29) is 24.8 Å². The number of ether oxygens (including phenoxy) is 1. The quantitative estimate of drug-likeness (QED) is 0.484. The summed E-state index contributed by atoms with van der Waals surface area (Å²) in [6, 6.07) is 6.00. The molecule has 3 amide bonds. The lowest BCUT2D eigenvalue weighted by molar-refractivity contribution is -0.152. The number of para-hydroxylation sites is 1. The maximum Gasteiger partial charge on any atom is 0.312 e.